The number of aliphatic hydroxyl groups is 1. The fraction of sp³-hybridized carbons (Fsp3) is 0.320. The van der Waals surface area contributed by atoms with Crippen molar-refractivity contribution in [2.45, 2.75) is 24.3 Å². The van der Waals surface area contributed by atoms with Gasteiger partial charge in [0.1, 0.15) is 0 Å². The van der Waals surface area contributed by atoms with Gasteiger partial charge in [-0.15, -0.1) is 0 Å². The number of amides is 1. The first kappa shape index (κ1) is 22.5. The van der Waals surface area contributed by atoms with Crippen LogP contribution in [-0.4, -0.2) is 54.9 Å². The van der Waals surface area contributed by atoms with Gasteiger partial charge in [0.15, 0.2) is 0 Å². The standard InChI is InChI=1S/C25H28N2O4S/c28-17-16-26(19-20-6-2-1-3-7-20)25(29)22-12-14-27(15-13-22)32(30,31)24-11-10-21-8-4-5-9-23(21)18-24/h1-11,18,22,28H,12-17,19H2. The fourth-order valence-corrected chi connectivity index (χ4v) is 5.78. The van der Waals surface area contributed by atoms with Gasteiger partial charge in [-0.2, -0.15) is 4.31 Å². The number of carbonyl (C=O) groups excluding carboxylic acids is 1. The summed E-state index contributed by atoms with van der Waals surface area (Å²) in [5, 5.41) is 11.3. The van der Waals surface area contributed by atoms with Gasteiger partial charge in [0.2, 0.25) is 15.9 Å². The summed E-state index contributed by atoms with van der Waals surface area (Å²) in [5.41, 5.74) is 1.01. The molecule has 3 aromatic rings. The Labute approximate surface area is 189 Å². The van der Waals surface area contributed by atoms with Crippen molar-refractivity contribution in [1.82, 2.24) is 9.21 Å². The molecule has 1 saturated heterocycles. The molecule has 0 aromatic heterocycles. The summed E-state index contributed by atoms with van der Waals surface area (Å²) in [6.45, 7) is 1.22. The Morgan fingerprint density at radius 3 is 2.28 bits per heavy atom. The summed E-state index contributed by atoms with van der Waals surface area (Å²) < 4.78 is 27.8. The van der Waals surface area contributed by atoms with Crippen molar-refractivity contribution < 1.29 is 18.3 Å². The number of hydrogen-bond acceptors (Lipinski definition) is 4. The van der Waals surface area contributed by atoms with Crippen LogP contribution in [0.2, 0.25) is 0 Å². The Morgan fingerprint density at radius 1 is 0.938 bits per heavy atom. The topological polar surface area (TPSA) is 77.9 Å². The quantitative estimate of drug-likeness (QED) is 0.597. The van der Waals surface area contributed by atoms with Gasteiger partial charge in [0, 0.05) is 32.1 Å². The molecule has 1 aliphatic heterocycles. The van der Waals surface area contributed by atoms with E-state index in [9.17, 15) is 18.3 Å². The van der Waals surface area contributed by atoms with Crippen LogP contribution in [0, 0.1) is 5.92 Å². The maximum absolute atomic E-state index is 13.2. The summed E-state index contributed by atoms with van der Waals surface area (Å²) in [7, 11) is -3.61. The highest BCUT2D eigenvalue weighted by atomic mass is 32.2. The van der Waals surface area contributed by atoms with Crippen molar-refractivity contribution in [3.63, 3.8) is 0 Å². The van der Waals surface area contributed by atoms with Crippen LogP contribution in [0.15, 0.2) is 77.7 Å². The van der Waals surface area contributed by atoms with Crippen molar-refractivity contribution in [2.24, 2.45) is 5.92 Å². The Hall–Kier alpha value is -2.74. The molecule has 1 N–H and O–H groups in total. The molecule has 168 valence electrons. The third-order valence-electron chi connectivity index (χ3n) is 6.06. The van der Waals surface area contributed by atoms with E-state index < -0.39 is 10.0 Å². The molecule has 0 spiro atoms. The van der Waals surface area contributed by atoms with E-state index in [0.29, 0.717) is 32.5 Å². The zero-order valence-corrected chi connectivity index (χ0v) is 18.7. The predicted molar refractivity (Wildman–Crippen MR) is 124 cm³/mol. The highest BCUT2D eigenvalue weighted by molar-refractivity contribution is 7.89. The van der Waals surface area contributed by atoms with Gasteiger partial charge in [-0.3, -0.25) is 4.79 Å². The van der Waals surface area contributed by atoms with Crippen LogP contribution in [0.1, 0.15) is 18.4 Å². The summed E-state index contributed by atoms with van der Waals surface area (Å²) >= 11 is 0. The summed E-state index contributed by atoms with van der Waals surface area (Å²) in [6, 6.07) is 22.6. The van der Waals surface area contributed by atoms with Gasteiger partial charge in [-0.05, 0) is 41.3 Å². The first-order chi connectivity index (χ1) is 15.5. The van der Waals surface area contributed by atoms with Gasteiger partial charge in [0.25, 0.3) is 0 Å². The van der Waals surface area contributed by atoms with Crippen molar-refractivity contribution in [2.75, 3.05) is 26.2 Å². The van der Waals surface area contributed by atoms with E-state index in [-0.39, 0.29) is 29.9 Å². The number of rotatable bonds is 7. The minimum Gasteiger partial charge on any atom is -0.395 e. The SMILES string of the molecule is O=C(C1CCN(S(=O)(=O)c2ccc3ccccc3c2)CC1)N(CCO)Cc1ccccc1. The third kappa shape index (κ3) is 4.85. The first-order valence-electron chi connectivity index (χ1n) is 10.9. The highest BCUT2D eigenvalue weighted by Crippen LogP contribution is 2.27. The van der Waals surface area contributed by atoms with Crippen LogP contribution in [0.4, 0.5) is 0 Å². The molecule has 6 nitrogen and oxygen atoms in total. The predicted octanol–water partition coefficient (Wildman–Crippen LogP) is 3.26. The second-order valence-electron chi connectivity index (χ2n) is 8.16. The lowest BCUT2D eigenvalue weighted by molar-refractivity contribution is -0.137. The van der Waals surface area contributed by atoms with E-state index in [2.05, 4.69) is 0 Å². The number of nitrogens with zero attached hydrogens (tertiary/aromatic N) is 2. The lowest BCUT2D eigenvalue weighted by atomic mass is 9.96. The molecule has 0 atom stereocenters. The van der Waals surface area contributed by atoms with Crippen LogP contribution in [0.3, 0.4) is 0 Å². The van der Waals surface area contributed by atoms with Crippen molar-refractivity contribution in [1.29, 1.82) is 0 Å². The zero-order chi connectivity index (χ0) is 22.6. The van der Waals surface area contributed by atoms with E-state index in [1.54, 1.807) is 17.0 Å². The number of sulfonamides is 1. The maximum Gasteiger partial charge on any atom is 0.243 e. The van der Waals surface area contributed by atoms with Crippen molar-refractivity contribution in [3.8, 4) is 0 Å². The number of fused-ring (bicyclic) bond motifs is 1. The first-order valence-corrected chi connectivity index (χ1v) is 12.4. The second kappa shape index (κ2) is 9.81. The smallest absolute Gasteiger partial charge is 0.243 e. The molecule has 0 radical (unpaired) electrons. The van der Waals surface area contributed by atoms with Crippen molar-refractivity contribution >= 4 is 26.7 Å². The van der Waals surface area contributed by atoms with Gasteiger partial charge in [-0.1, -0.05) is 60.7 Å². The number of hydrogen-bond donors (Lipinski definition) is 1. The molecule has 0 aliphatic carbocycles. The minimum absolute atomic E-state index is 0.0225. The van der Waals surface area contributed by atoms with Crippen LogP contribution in [0.25, 0.3) is 10.8 Å². The highest BCUT2D eigenvalue weighted by Gasteiger charge is 2.33. The van der Waals surface area contributed by atoms with Gasteiger partial charge in [-0.25, -0.2) is 8.42 Å². The molecule has 0 bridgehead atoms. The van der Waals surface area contributed by atoms with Crippen LogP contribution in [0.5, 0.6) is 0 Å². The molecule has 1 aliphatic rings. The molecule has 32 heavy (non-hydrogen) atoms. The van der Waals surface area contributed by atoms with Gasteiger partial charge in [0.05, 0.1) is 11.5 Å². The summed E-state index contributed by atoms with van der Waals surface area (Å²) in [5.74, 6) is -0.265. The largest absolute Gasteiger partial charge is 0.395 e. The molecular formula is C25H28N2O4S. The van der Waals surface area contributed by atoms with Crippen LogP contribution >= 0.6 is 0 Å². The van der Waals surface area contributed by atoms with Crippen LogP contribution < -0.4 is 0 Å². The molecule has 4 rings (SSSR count). The lowest BCUT2D eigenvalue weighted by Gasteiger charge is -2.33. The molecule has 3 aromatic carbocycles. The number of aliphatic hydroxyl groups excluding tert-OH is 1. The zero-order valence-electron chi connectivity index (χ0n) is 17.9. The number of benzene rings is 3. The lowest BCUT2D eigenvalue weighted by Crippen LogP contribution is -2.44. The molecule has 7 heteroatoms. The molecule has 0 saturated carbocycles. The average molecular weight is 453 g/mol. The normalized spacial score (nSPS) is 15.7. The Kier molecular flexibility index (Phi) is 6.89. The monoisotopic (exact) mass is 452 g/mol. The van der Waals surface area contributed by atoms with Crippen LogP contribution in [-0.2, 0) is 21.4 Å². The minimum atomic E-state index is -3.61. The summed E-state index contributed by atoms with van der Waals surface area (Å²) in [4.78, 5) is 15.1. The van der Waals surface area contributed by atoms with Crippen molar-refractivity contribution in [3.05, 3.63) is 78.4 Å². The van der Waals surface area contributed by atoms with E-state index >= 15 is 0 Å². The van der Waals surface area contributed by atoms with Gasteiger partial charge < -0.3 is 10.0 Å². The second-order valence-corrected chi connectivity index (χ2v) is 10.1. The van der Waals surface area contributed by atoms with Gasteiger partial charge >= 0.3 is 0 Å². The maximum atomic E-state index is 13.2. The van der Waals surface area contributed by atoms with E-state index in [1.807, 2.05) is 60.7 Å². The Balaban J connectivity index is 1.43. The summed E-state index contributed by atoms with van der Waals surface area (Å²) in [6.07, 6.45) is 0.949. The molecule has 0 unspecified atom stereocenters. The molecule has 1 fully saturated rings. The molecule has 1 amide bonds. The molecule has 1 heterocycles. The Morgan fingerprint density at radius 2 is 1.59 bits per heavy atom. The Bertz CT molecular complexity index is 1170. The molecular weight excluding hydrogens is 424 g/mol. The number of carbonyl (C=O) groups is 1. The fourth-order valence-electron chi connectivity index (χ4n) is 4.27. The van der Waals surface area contributed by atoms with E-state index in [0.717, 1.165) is 16.3 Å². The number of piperidine rings is 1. The average Bonchev–Trinajstić information content (AvgIpc) is 2.83. The third-order valence-corrected chi connectivity index (χ3v) is 7.95. The van der Waals surface area contributed by atoms with E-state index in [1.165, 1.54) is 4.31 Å². The van der Waals surface area contributed by atoms with E-state index in [4.69, 9.17) is 0 Å².